The maximum atomic E-state index is 14.0. The van der Waals surface area contributed by atoms with E-state index in [-0.39, 0.29) is 35.0 Å². The van der Waals surface area contributed by atoms with E-state index in [2.05, 4.69) is 4.40 Å². The number of carbonyl (C=O) groups is 2. The third-order valence-corrected chi connectivity index (χ3v) is 9.26. The molecular formula is C30H33N5O6S. The zero-order valence-corrected chi connectivity index (χ0v) is 24.7. The number of nitro benzene ring substituents is 1. The molecule has 4 N–H and O–H groups in total. The van der Waals surface area contributed by atoms with Crippen molar-refractivity contribution in [1.29, 1.82) is 0 Å². The molecule has 1 aliphatic heterocycles. The molecule has 12 heteroatoms. The second-order valence-electron chi connectivity index (χ2n) is 12.7. The Morgan fingerprint density at radius 2 is 1.43 bits per heavy atom. The van der Waals surface area contributed by atoms with Crippen molar-refractivity contribution in [2.24, 2.45) is 26.7 Å². The molecule has 0 saturated carbocycles. The van der Waals surface area contributed by atoms with E-state index in [9.17, 15) is 28.1 Å². The van der Waals surface area contributed by atoms with E-state index in [0.29, 0.717) is 46.6 Å². The third-order valence-electron chi connectivity index (χ3n) is 7.94. The van der Waals surface area contributed by atoms with Crippen LogP contribution in [-0.4, -0.2) is 30.9 Å². The van der Waals surface area contributed by atoms with E-state index < -0.39 is 37.7 Å². The number of hydrogen-bond acceptors (Lipinski definition) is 7. The Labute approximate surface area is 244 Å². The van der Waals surface area contributed by atoms with Crippen LogP contribution in [0.25, 0.3) is 0 Å². The van der Waals surface area contributed by atoms with Crippen LogP contribution in [0.2, 0.25) is 0 Å². The molecule has 0 bridgehead atoms. The van der Waals surface area contributed by atoms with Gasteiger partial charge in [-0.2, -0.15) is 8.42 Å². The molecule has 42 heavy (non-hydrogen) atoms. The predicted octanol–water partition coefficient (Wildman–Crippen LogP) is 4.45. The van der Waals surface area contributed by atoms with E-state index in [0.717, 1.165) is 0 Å². The van der Waals surface area contributed by atoms with Crippen molar-refractivity contribution in [3.8, 4) is 0 Å². The fourth-order valence-electron chi connectivity index (χ4n) is 6.39. The Bertz CT molecular complexity index is 1680. The van der Waals surface area contributed by atoms with Crippen molar-refractivity contribution in [2.45, 2.75) is 64.2 Å². The molecule has 220 valence electrons. The van der Waals surface area contributed by atoms with Gasteiger partial charge in [-0.25, -0.2) is 0 Å². The van der Waals surface area contributed by atoms with Gasteiger partial charge >= 0.3 is 0 Å². The molecule has 2 aromatic rings. The summed E-state index contributed by atoms with van der Waals surface area (Å²) in [7, 11) is -4.13. The maximum Gasteiger partial charge on any atom is 0.285 e. The second kappa shape index (κ2) is 9.90. The van der Waals surface area contributed by atoms with Crippen molar-refractivity contribution >= 4 is 38.9 Å². The Hall–Kier alpha value is -4.32. The minimum atomic E-state index is -4.13. The number of nitrogens with zero attached hydrogens (tertiary/aromatic N) is 3. The molecule has 1 heterocycles. The Kier molecular flexibility index (Phi) is 6.88. The van der Waals surface area contributed by atoms with Crippen LogP contribution >= 0.6 is 0 Å². The summed E-state index contributed by atoms with van der Waals surface area (Å²) in [5.41, 5.74) is 13.1. The number of non-ortho nitro benzene ring substituents is 1. The SMILES string of the molecule is CC1(C)CC(=O)C2=C(C1)N(c1ccc(S(=O)(=O)N=C(N)N)cc1)C1=C(C(=O)CC(C)(C)C1)C2c1cccc([N+](=O)[O-])c1. The monoisotopic (exact) mass is 591 g/mol. The molecule has 0 saturated heterocycles. The summed E-state index contributed by atoms with van der Waals surface area (Å²) < 4.78 is 28.6. The number of benzene rings is 2. The quantitative estimate of drug-likeness (QED) is 0.220. The summed E-state index contributed by atoms with van der Waals surface area (Å²) in [5.74, 6) is -1.59. The molecule has 0 atom stereocenters. The molecule has 2 aliphatic carbocycles. The van der Waals surface area contributed by atoms with Gasteiger partial charge < -0.3 is 16.4 Å². The molecule has 0 amide bonds. The molecule has 0 radical (unpaired) electrons. The van der Waals surface area contributed by atoms with Crippen LogP contribution in [-0.2, 0) is 19.6 Å². The number of ketones is 2. The number of nitro groups is 1. The normalized spacial score (nSPS) is 20.2. The van der Waals surface area contributed by atoms with Gasteiger partial charge in [0, 0.05) is 59.1 Å². The minimum Gasteiger partial charge on any atom is -0.369 e. The topological polar surface area (TPSA) is 179 Å². The first kappa shape index (κ1) is 29.2. The molecule has 5 rings (SSSR count). The van der Waals surface area contributed by atoms with Crippen LogP contribution in [0.3, 0.4) is 0 Å². The number of anilines is 1. The zero-order chi connectivity index (χ0) is 30.8. The number of rotatable bonds is 5. The van der Waals surface area contributed by atoms with Crippen molar-refractivity contribution in [3.63, 3.8) is 0 Å². The van der Waals surface area contributed by atoms with Gasteiger partial charge in [-0.15, -0.1) is 4.40 Å². The fourth-order valence-corrected chi connectivity index (χ4v) is 7.25. The summed E-state index contributed by atoms with van der Waals surface area (Å²) >= 11 is 0. The average molecular weight is 592 g/mol. The number of sulfonamides is 1. The highest BCUT2D eigenvalue weighted by Crippen LogP contribution is 2.55. The summed E-state index contributed by atoms with van der Waals surface area (Å²) in [4.78, 5) is 40.9. The fraction of sp³-hybridized carbons (Fsp3) is 0.367. The smallest absolute Gasteiger partial charge is 0.285 e. The molecule has 3 aliphatic rings. The Balaban J connectivity index is 1.78. The molecule has 2 aromatic carbocycles. The first-order valence-electron chi connectivity index (χ1n) is 13.5. The van der Waals surface area contributed by atoms with E-state index in [1.54, 1.807) is 24.3 Å². The molecule has 0 fully saturated rings. The standard InChI is InChI=1S/C30H33N5O6S/c1-29(2)13-21-26(23(36)15-29)25(17-6-5-7-19(12-17)35(38)39)27-22(14-30(3,4)16-24(27)37)34(21)18-8-10-20(11-9-18)42(40,41)33-28(31)32/h5-12,25H,13-16H2,1-4H3,(H4,31,32,33). The number of nitrogens with two attached hydrogens (primary N) is 2. The molecule has 0 spiro atoms. The average Bonchev–Trinajstić information content (AvgIpc) is 2.85. The highest BCUT2D eigenvalue weighted by molar-refractivity contribution is 7.90. The Morgan fingerprint density at radius 3 is 1.90 bits per heavy atom. The number of allylic oxidation sites excluding steroid dienone is 4. The first-order chi connectivity index (χ1) is 19.5. The second-order valence-corrected chi connectivity index (χ2v) is 14.3. The van der Waals surface area contributed by atoms with E-state index in [1.165, 1.54) is 24.3 Å². The summed E-state index contributed by atoms with van der Waals surface area (Å²) in [6, 6.07) is 12.1. The lowest BCUT2D eigenvalue weighted by Crippen LogP contribution is -2.44. The predicted molar refractivity (Wildman–Crippen MR) is 158 cm³/mol. The number of carbonyl (C=O) groups excluding carboxylic acids is 2. The lowest BCUT2D eigenvalue weighted by atomic mass is 9.63. The van der Waals surface area contributed by atoms with Gasteiger partial charge in [-0.05, 0) is 53.5 Å². The summed E-state index contributed by atoms with van der Waals surface area (Å²) in [6.45, 7) is 8.00. The minimum absolute atomic E-state index is 0.116. The van der Waals surface area contributed by atoms with Gasteiger partial charge in [-0.3, -0.25) is 19.7 Å². The van der Waals surface area contributed by atoms with Crippen molar-refractivity contribution < 1.29 is 22.9 Å². The van der Waals surface area contributed by atoms with Gasteiger partial charge in [0.15, 0.2) is 11.6 Å². The van der Waals surface area contributed by atoms with Gasteiger partial charge in [0.05, 0.1) is 9.82 Å². The van der Waals surface area contributed by atoms with Gasteiger partial charge in [0.25, 0.3) is 15.7 Å². The van der Waals surface area contributed by atoms with E-state index in [1.807, 2.05) is 32.6 Å². The molecular weight excluding hydrogens is 558 g/mol. The molecule has 0 unspecified atom stereocenters. The molecule has 11 nitrogen and oxygen atoms in total. The van der Waals surface area contributed by atoms with E-state index >= 15 is 0 Å². The van der Waals surface area contributed by atoms with Gasteiger partial charge in [0.2, 0.25) is 5.96 Å². The first-order valence-corrected chi connectivity index (χ1v) is 15.0. The van der Waals surface area contributed by atoms with Crippen LogP contribution in [0.5, 0.6) is 0 Å². The van der Waals surface area contributed by atoms with Crippen molar-refractivity contribution in [2.75, 3.05) is 4.90 Å². The lowest BCUT2D eigenvalue weighted by Gasteiger charge is -2.49. The van der Waals surface area contributed by atoms with Crippen molar-refractivity contribution in [3.05, 3.63) is 86.7 Å². The van der Waals surface area contributed by atoms with Crippen LogP contribution in [0, 0.1) is 20.9 Å². The zero-order valence-electron chi connectivity index (χ0n) is 23.9. The lowest BCUT2D eigenvalue weighted by molar-refractivity contribution is -0.384. The van der Waals surface area contributed by atoms with E-state index in [4.69, 9.17) is 11.5 Å². The van der Waals surface area contributed by atoms with Crippen molar-refractivity contribution in [1.82, 2.24) is 0 Å². The summed E-state index contributed by atoms with van der Waals surface area (Å²) in [5, 5.41) is 11.7. The van der Waals surface area contributed by atoms with Crippen LogP contribution in [0.1, 0.15) is 64.9 Å². The highest BCUT2D eigenvalue weighted by Gasteiger charge is 2.49. The van der Waals surface area contributed by atoms with Gasteiger partial charge in [0.1, 0.15) is 0 Å². The maximum absolute atomic E-state index is 14.0. The summed E-state index contributed by atoms with van der Waals surface area (Å²) in [6.07, 6.45) is 1.50. The van der Waals surface area contributed by atoms with Crippen LogP contribution in [0.4, 0.5) is 11.4 Å². The number of Topliss-reactive ketones (excluding diaryl/α,β-unsaturated/α-hetero) is 2. The Morgan fingerprint density at radius 1 is 0.905 bits per heavy atom. The molecule has 0 aromatic heterocycles. The highest BCUT2D eigenvalue weighted by atomic mass is 32.2. The number of guanidine groups is 1. The van der Waals surface area contributed by atoms with Gasteiger partial charge in [-0.1, -0.05) is 39.8 Å². The largest absolute Gasteiger partial charge is 0.369 e. The van der Waals surface area contributed by atoms with Crippen LogP contribution in [0.15, 0.2) is 80.4 Å². The third kappa shape index (κ3) is 5.22. The van der Waals surface area contributed by atoms with Crippen LogP contribution < -0.4 is 16.4 Å². The number of hydrogen-bond donors (Lipinski definition) is 2.